The van der Waals surface area contributed by atoms with Gasteiger partial charge in [-0.15, -0.1) is 0 Å². The number of carbonyl (C=O) groups excluding carboxylic acids is 3. The van der Waals surface area contributed by atoms with Crippen LogP contribution in [0.5, 0.6) is 0 Å². The minimum absolute atomic E-state index is 0.142. The first-order valence-electron chi connectivity index (χ1n) is 11.2. The number of pyridine rings is 1. The third-order valence-electron chi connectivity index (χ3n) is 4.93. The fraction of sp³-hybridized carbons (Fsp3) is 0.259. The summed E-state index contributed by atoms with van der Waals surface area (Å²) in [7, 11) is 1.69. The summed E-state index contributed by atoms with van der Waals surface area (Å²) in [5.74, 6) is -0.497. The summed E-state index contributed by atoms with van der Waals surface area (Å²) in [6, 6.07) is 20.6. The molecule has 35 heavy (non-hydrogen) atoms. The van der Waals surface area contributed by atoms with Crippen molar-refractivity contribution in [1.29, 1.82) is 0 Å². The van der Waals surface area contributed by atoms with Crippen molar-refractivity contribution < 1.29 is 19.1 Å². The molecule has 0 aliphatic carbocycles. The summed E-state index contributed by atoms with van der Waals surface area (Å²) in [5.41, 5.74) is 3.30. The van der Waals surface area contributed by atoms with E-state index in [0.29, 0.717) is 17.9 Å². The lowest BCUT2D eigenvalue weighted by molar-refractivity contribution is -0.129. The average molecular weight is 475 g/mol. The number of likely N-dealkylation sites (N-methyl/N-ethyl adjacent to an activating group) is 1. The number of benzene rings is 2. The maximum absolute atomic E-state index is 12.4. The minimum Gasteiger partial charge on any atom is -0.444 e. The van der Waals surface area contributed by atoms with E-state index >= 15 is 0 Å². The van der Waals surface area contributed by atoms with E-state index in [9.17, 15) is 14.4 Å². The minimum atomic E-state index is -0.624. The molecule has 8 heteroatoms. The van der Waals surface area contributed by atoms with E-state index in [1.807, 2.05) is 48.5 Å². The van der Waals surface area contributed by atoms with Crippen molar-refractivity contribution >= 4 is 23.6 Å². The zero-order valence-corrected chi connectivity index (χ0v) is 20.4. The fourth-order valence-electron chi connectivity index (χ4n) is 3.25. The molecule has 0 saturated heterocycles. The van der Waals surface area contributed by atoms with Gasteiger partial charge in [-0.3, -0.25) is 14.6 Å². The van der Waals surface area contributed by atoms with Crippen molar-refractivity contribution in [3.63, 3.8) is 0 Å². The van der Waals surface area contributed by atoms with Gasteiger partial charge in [0.1, 0.15) is 17.8 Å². The first kappa shape index (κ1) is 25.4. The zero-order chi connectivity index (χ0) is 25.4. The summed E-state index contributed by atoms with van der Waals surface area (Å²) in [4.78, 5) is 42.1. The predicted molar refractivity (Wildman–Crippen MR) is 135 cm³/mol. The van der Waals surface area contributed by atoms with E-state index in [1.54, 1.807) is 57.1 Å². The molecule has 3 aromatic rings. The van der Waals surface area contributed by atoms with E-state index in [0.717, 1.165) is 16.7 Å². The number of nitrogens with one attached hydrogen (secondary N) is 2. The number of hydrogen-bond donors (Lipinski definition) is 2. The Kier molecular flexibility index (Phi) is 8.20. The van der Waals surface area contributed by atoms with Gasteiger partial charge in [-0.25, -0.2) is 4.79 Å². The maximum atomic E-state index is 12.4. The summed E-state index contributed by atoms with van der Waals surface area (Å²) in [6.45, 7) is 5.54. The van der Waals surface area contributed by atoms with Crippen LogP contribution < -0.4 is 10.6 Å². The Hall–Kier alpha value is -4.20. The van der Waals surface area contributed by atoms with Crippen LogP contribution in [0.1, 0.15) is 36.8 Å². The molecular formula is C27H30N4O4. The number of ether oxygens (including phenoxy) is 1. The summed E-state index contributed by atoms with van der Waals surface area (Å²) in [5, 5.41) is 5.32. The first-order chi connectivity index (χ1) is 16.6. The average Bonchev–Trinajstić information content (AvgIpc) is 2.82. The highest BCUT2D eigenvalue weighted by molar-refractivity contribution is 6.02. The molecule has 0 saturated carbocycles. The van der Waals surface area contributed by atoms with Crippen molar-refractivity contribution in [2.24, 2.45) is 0 Å². The molecule has 1 heterocycles. The second kappa shape index (κ2) is 11.3. The molecule has 0 radical (unpaired) electrons. The van der Waals surface area contributed by atoms with E-state index in [1.165, 1.54) is 0 Å². The van der Waals surface area contributed by atoms with Crippen LogP contribution in [0.2, 0.25) is 0 Å². The van der Waals surface area contributed by atoms with Crippen LogP contribution in [0, 0.1) is 0 Å². The number of rotatable bonds is 7. The monoisotopic (exact) mass is 474 g/mol. The molecule has 0 atom stereocenters. The van der Waals surface area contributed by atoms with Crippen LogP contribution in [-0.2, 0) is 16.1 Å². The van der Waals surface area contributed by atoms with Crippen molar-refractivity contribution in [2.45, 2.75) is 32.9 Å². The molecule has 0 unspecified atom stereocenters. The number of nitrogens with zero attached hydrogens (tertiary/aromatic N) is 2. The standard InChI is InChI=1S/C27H30N4O4/c1-27(2,3)35-26(34)29-17-24(32)31(4)18-19-8-7-9-21(16-19)20-11-13-22(14-12-20)30-25(33)23-10-5-6-15-28-23/h5-16H,17-18H2,1-4H3,(H,29,34)(H,30,33). The number of hydrogen-bond acceptors (Lipinski definition) is 5. The molecule has 0 fully saturated rings. The van der Waals surface area contributed by atoms with Crippen molar-refractivity contribution in [2.75, 3.05) is 18.9 Å². The highest BCUT2D eigenvalue weighted by Gasteiger charge is 2.18. The highest BCUT2D eigenvalue weighted by atomic mass is 16.6. The molecule has 2 aromatic carbocycles. The summed E-state index contributed by atoms with van der Waals surface area (Å²) >= 11 is 0. The second-order valence-electron chi connectivity index (χ2n) is 9.05. The Morgan fingerprint density at radius 1 is 0.943 bits per heavy atom. The SMILES string of the molecule is CN(Cc1cccc(-c2ccc(NC(=O)c3ccccn3)cc2)c1)C(=O)CNC(=O)OC(C)(C)C. The molecule has 0 aliphatic heterocycles. The first-order valence-corrected chi connectivity index (χ1v) is 11.2. The topological polar surface area (TPSA) is 101 Å². The van der Waals surface area contributed by atoms with Crippen LogP contribution in [0.3, 0.4) is 0 Å². The molecule has 182 valence electrons. The Balaban J connectivity index is 1.57. The van der Waals surface area contributed by atoms with Gasteiger partial charge in [-0.1, -0.05) is 36.4 Å². The highest BCUT2D eigenvalue weighted by Crippen LogP contribution is 2.23. The molecular weight excluding hydrogens is 444 g/mol. The van der Waals surface area contributed by atoms with E-state index < -0.39 is 11.7 Å². The molecule has 8 nitrogen and oxygen atoms in total. The van der Waals surface area contributed by atoms with Crippen molar-refractivity contribution in [3.8, 4) is 11.1 Å². The number of amides is 3. The maximum Gasteiger partial charge on any atom is 0.408 e. The van der Waals surface area contributed by atoms with Gasteiger partial charge in [0, 0.05) is 25.5 Å². The van der Waals surface area contributed by atoms with Crippen LogP contribution >= 0.6 is 0 Å². The predicted octanol–water partition coefficient (Wildman–Crippen LogP) is 4.48. The van der Waals surface area contributed by atoms with Gasteiger partial charge in [0.15, 0.2) is 0 Å². The van der Waals surface area contributed by atoms with Gasteiger partial charge in [-0.05, 0) is 67.8 Å². The molecule has 0 spiro atoms. The Morgan fingerprint density at radius 3 is 2.34 bits per heavy atom. The van der Waals surface area contributed by atoms with Crippen LogP contribution in [0.25, 0.3) is 11.1 Å². The molecule has 3 amide bonds. The molecule has 0 aliphatic rings. The zero-order valence-electron chi connectivity index (χ0n) is 20.4. The Labute approximate surface area is 205 Å². The van der Waals surface area contributed by atoms with Gasteiger partial charge in [-0.2, -0.15) is 0 Å². The van der Waals surface area contributed by atoms with Crippen LogP contribution in [-0.4, -0.2) is 47.0 Å². The van der Waals surface area contributed by atoms with Crippen LogP contribution in [0.4, 0.5) is 10.5 Å². The molecule has 2 N–H and O–H groups in total. The van der Waals surface area contributed by atoms with Gasteiger partial charge < -0.3 is 20.3 Å². The van der Waals surface area contributed by atoms with Gasteiger partial charge in [0.25, 0.3) is 5.91 Å². The largest absolute Gasteiger partial charge is 0.444 e. The van der Waals surface area contributed by atoms with Gasteiger partial charge >= 0.3 is 6.09 Å². The lowest BCUT2D eigenvalue weighted by Crippen LogP contribution is -2.40. The smallest absolute Gasteiger partial charge is 0.408 e. The van der Waals surface area contributed by atoms with E-state index in [-0.39, 0.29) is 18.4 Å². The number of carbonyl (C=O) groups is 3. The summed E-state index contributed by atoms with van der Waals surface area (Å²) in [6.07, 6.45) is 0.953. The number of alkyl carbamates (subject to hydrolysis) is 1. The molecule has 1 aromatic heterocycles. The lowest BCUT2D eigenvalue weighted by Gasteiger charge is -2.21. The van der Waals surface area contributed by atoms with Crippen LogP contribution in [0.15, 0.2) is 72.9 Å². The van der Waals surface area contributed by atoms with E-state index in [4.69, 9.17) is 4.74 Å². The lowest BCUT2D eigenvalue weighted by atomic mass is 10.0. The van der Waals surface area contributed by atoms with E-state index in [2.05, 4.69) is 15.6 Å². The Morgan fingerprint density at radius 2 is 1.69 bits per heavy atom. The number of aromatic nitrogens is 1. The third kappa shape index (κ3) is 7.96. The quantitative estimate of drug-likeness (QED) is 0.526. The summed E-state index contributed by atoms with van der Waals surface area (Å²) < 4.78 is 5.16. The third-order valence-corrected chi connectivity index (χ3v) is 4.93. The fourth-order valence-corrected chi connectivity index (χ4v) is 3.25. The molecule has 3 rings (SSSR count). The van der Waals surface area contributed by atoms with Crippen molar-refractivity contribution in [1.82, 2.24) is 15.2 Å². The Bertz CT molecular complexity index is 1170. The normalized spacial score (nSPS) is 10.9. The van der Waals surface area contributed by atoms with Gasteiger partial charge in [0.2, 0.25) is 5.91 Å². The second-order valence-corrected chi connectivity index (χ2v) is 9.05. The van der Waals surface area contributed by atoms with Crippen molar-refractivity contribution in [3.05, 3.63) is 84.2 Å². The number of anilines is 1. The van der Waals surface area contributed by atoms with Gasteiger partial charge in [0.05, 0.1) is 0 Å². The molecule has 0 bridgehead atoms.